The van der Waals surface area contributed by atoms with Crippen molar-refractivity contribution in [2.75, 3.05) is 5.32 Å². The van der Waals surface area contributed by atoms with Crippen LogP contribution in [0.25, 0.3) is 0 Å². The molecule has 0 saturated heterocycles. The van der Waals surface area contributed by atoms with E-state index in [0.717, 1.165) is 5.56 Å². The zero-order valence-corrected chi connectivity index (χ0v) is 10.3. The number of rotatable bonds is 4. The van der Waals surface area contributed by atoms with Crippen LogP contribution in [0, 0.1) is 5.82 Å². The van der Waals surface area contributed by atoms with Crippen LogP contribution in [0.2, 0.25) is 0 Å². The van der Waals surface area contributed by atoms with Crippen LogP contribution in [0.3, 0.4) is 0 Å². The van der Waals surface area contributed by atoms with Gasteiger partial charge in [-0.15, -0.1) is 0 Å². The van der Waals surface area contributed by atoms with Gasteiger partial charge >= 0.3 is 5.97 Å². The zero-order valence-electron chi connectivity index (χ0n) is 10.3. The van der Waals surface area contributed by atoms with Crippen molar-refractivity contribution in [2.45, 2.75) is 13.0 Å². The van der Waals surface area contributed by atoms with Crippen LogP contribution in [0.15, 0.2) is 42.7 Å². The lowest BCUT2D eigenvalue weighted by atomic mass is 10.1. The highest BCUT2D eigenvalue weighted by molar-refractivity contribution is 5.88. The predicted octanol–water partition coefficient (Wildman–Crippen LogP) is 3.09. The van der Waals surface area contributed by atoms with Crippen LogP contribution in [0.4, 0.5) is 10.1 Å². The normalized spacial score (nSPS) is 11.9. The molecule has 2 rings (SSSR count). The molecular formula is C14H13FN2O2. The standard InChI is InChI=1S/C14H13FN2O2/c1-9(10-4-6-16-7-5-10)17-11-2-3-12(14(18)19)13(15)8-11/h2-9,17H,1H3,(H,18,19). The second-order valence-electron chi connectivity index (χ2n) is 4.15. The number of anilines is 1. The topological polar surface area (TPSA) is 62.2 Å². The first-order valence-electron chi connectivity index (χ1n) is 5.77. The number of benzene rings is 1. The summed E-state index contributed by atoms with van der Waals surface area (Å²) < 4.78 is 13.5. The highest BCUT2D eigenvalue weighted by atomic mass is 19.1. The molecular weight excluding hydrogens is 247 g/mol. The molecule has 98 valence electrons. The van der Waals surface area contributed by atoms with Crippen LogP contribution in [0.1, 0.15) is 28.9 Å². The van der Waals surface area contributed by atoms with E-state index in [1.165, 1.54) is 12.1 Å². The average molecular weight is 260 g/mol. The summed E-state index contributed by atoms with van der Waals surface area (Å²) in [5, 5.41) is 11.9. The molecule has 0 amide bonds. The van der Waals surface area contributed by atoms with Crippen molar-refractivity contribution in [3.8, 4) is 0 Å². The molecule has 19 heavy (non-hydrogen) atoms. The summed E-state index contributed by atoms with van der Waals surface area (Å²) in [5.41, 5.74) is 1.21. The summed E-state index contributed by atoms with van der Waals surface area (Å²) in [6, 6.07) is 7.67. The zero-order chi connectivity index (χ0) is 13.8. The molecule has 2 N–H and O–H groups in total. The van der Waals surface area contributed by atoms with E-state index in [4.69, 9.17) is 5.11 Å². The van der Waals surface area contributed by atoms with Gasteiger partial charge < -0.3 is 10.4 Å². The molecule has 1 aromatic heterocycles. The van der Waals surface area contributed by atoms with E-state index in [2.05, 4.69) is 10.3 Å². The Bertz CT molecular complexity index is 587. The molecule has 0 aliphatic heterocycles. The second-order valence-corrected chi connectivity index (χ2v) is 4.15. The molecule has 1 atom stereocenters. The number of hydrogen-bond acceptors (Lipinski definition) is 3. The minimum Gasteiger partial charge on any atom is -0.478 e. The lowest BCUT2D eigenvalue weighted by Crippen LogP contribution is -2.08. The van der Waals surface area contributed by atoms with Crippen LogP contribution in [-0.4, -0.2) is 16.1 Å². The SMILES string of the molecule is CC(Nc1ccc(C(=O)O)c(F)c1)c1ccncc1. The van der Waals surface area contributed by atoms with E-state index in [9.17, 15) is 9.18 Å². The quantitative estimate of drug-likeness (QED) is 0.886. The van der Waals surface area contributed by atoms with Crippen LogP contribution in [0.5, 0.6) is 0 Å². The van der Waals surface area contributed by atoms with Gasteiger partial charge in [0.2, 0.25) is 0 Å². The van der Waals surface area contributed by atoms with Gasteiger partial charge in [-0.05, 0) is 42.8 Å². The summed E-state index contributed by atoms with van der Waals surface area (Å²) in [6.45, 7) is 1.93. The second kappa shape index (κ2) is 5.48. The maximum Gasteiger partial charge on any atom is 0.338 e. The van der Waals surface area contributed by atoms with Gasteiger partial charge in [-0.3, -0.25) is 4.98 Å². The van der Waals surface area contributed by atoms with Crippen LogP contribution < -0.4 is 5.32 Å². The maximum absolute atomic E-state index is 13.5. The fourth-order valence-corrected chi connectivity index (χ4v) is 1.76. The molecule has 1 heterocycles. The third-order valence-corrected chi connectivity index (χ3v) is 2.79. The van der Waals surface area contributed by atoms with E-state index < -0.39 is 11.8 Å². The number of carbonyl (C=O) groups is 1. The maximum atomic E-state index is 13.5. The fourth-order valence-electron chi connectivity index (χ4n) is 1.76. The summed E-state index contributed by atoms with van der Waals surface area (Å²) >= 11 is 0. The lowest BCUT2D eigenvalue weighted by molar-refractivity contribution is 0.0692. The van der Waals surface area contributed by atoms with Crippen molar-refractivity contribution in [1.82, 2.24) is 4.98 Å². The number of aromatic nitrogens is 1. The molecule has 0 saturated carbocycles. The van der Waals surface area contributed by atoms with E-state index in [0.29, 0.717) is 5.69 Å². The summed E-state index contributed by atoms with van der Waals surface area (Å²) in [5.74, 6) is -2.02. The van der Waals surface area contributed by atoms with Gasteiger partial charge in [0, 0.05) is 24.1 Å². The molecule has 0 radical (unpaired) electrons. The van der Waals surface area contributed by atoms with Crippen LogP contribution in [-0.2, 0) is 0 Å². The first kappa shape index (κ1) is 13.0. The number of halogens is 1. The number of nitrogens with zero attached hydrogens (tertiary/aromatic N) is 1. The minimum atomic E-state index is -1.27. The van der Waals surface area contributed by atoms with Gasteiger partial charge in [0.1, 0.15) is 5.82 Å². The van der Waals surface area contributed by atoms with Gasteiger partial charge in [0.15, 0.2) is 0 Å². The molecule has 0 aliphatic rings. The Morgan fingerprint density at radius 3 is 2.58 bits per heavy atom. The third kappa shape index (κ3) is 3.07. The largest absolute Gasteiger partial charge is 0.478 e. The highest BCUT2D eigenvalue weighted by Crippen LogP contribution is 2.20. The van der Waals surface area contributed by atoms with E-state index in [1.807, 2.05) is 19.1 Å². The molecule has 1 unspecified atom stereocenters. The highest BCUT2D eigenvalue weighted by Gasteiger charge is 2.11. The van der Waals surface area contributed by atoms with Crippen molar-refractivity contribution in [2.24, 2.45) is 0 Å². The fraction of sp³-hybridized carbons (Fsp3) is 0.143. The number of carboxylic acid groups (broad SMARTS) is 1. The number of aromatic carboxylic acids is 1. The van der Waals surface area contributed by atoms with Crippen molar-refractivity contribution in [3.63, 3.8) is 0 Å². The monoisotopic (exact) mass is 260 g/mol. The molecule has 5 heteroatoms. The van der Waals surface area contributed by atoms with E-state index in [1.54, 1.807) is 18.5 Å². The summed E-state index contributed by atoms with van der Waals surface area (Å²) in [4.78, 5) is 14.6. The van der Waals surface area contributed by atoms with Gasteiger partial charge in [-0.1, -0.05) is 0 Å². The van der Waals surface area contributed by atoms with Crippen molar-refractivity contribution >= 4 is 11.7 Å². The third-order valence-electron chi connectivity index (χ3n) is 2.79. The first-order chi connectivity index (χ1) is 9.08. The number of nitrogens with one attached hydrogen (secondary N) is 1. The molecule has 0 bridgehead atoms. The molecule has 0 aliphatic carbocycles. The Kier molecular flexibility index (Phi) is 3.75. The minimum absolute atomic E-state index is 0.0296. The smallest absolute Gasteiger partial charge is 0.338 e. The van der Waals surface area contributed by atoms with Crippen LogP contribution >= 0.6 is 0 Å². The number of hydrogen-bond donors (Lipinski definition) is 2. The Morgan fingerprint density at radius 1 is 1.32 bits per heavy atom. The Labute approximate surface area is 109 Å². The average Bonchev–Trinajstić information content (AvgIpc) is 2.39. The van der Waals surface area contributed by atoms with Gasteiger partial charge in [-0.2, -0.15) is 0 Å². The first-order valence-corrected chi connectivity index (χ1v) is 5.77. The molecule has 0 fully saturated rings. The lowest BCUT2D eigenvalue weighted by Gasteiger charge is -2.15. The summed E-state index contributed by atoms with van der Waals surface area (Å²) in [6.07, 6.45) is 3.36. The Hall–Kier alpha value is -2.43. The summed E-state index contributed by atoms with van der Waals surface area (Å²) in [7, 11) is 0. The van der Waals surface area contributed by atoms with Gasteiger partial charge in [0.05, 0.1) is 5.56 Å². The number of carboxylic acids is 1. The van der Waals surface area contributed by atoms with Gasteiger partial charge in [-0.25, -0.2) is 9.18 Å². The van der Waals surface area contributed by atoms with Crippen molar-refractivity contribution < 1.29 is 14.3 Å². The molecule has 1 aromatic carbocycles. The van der Waals surface area contributed by atoms with Crippen molar-refractivity contribution in [1.29, 1.82) is 0 Å². The van der Waals surface area contributed by atoms with E-state index in [-0.39, 0.29) is 11.6 Å². The predicted molar refractivity (Wildman–Crippen MR) is 69.6 cm³/mol. The Morgan fingerprint density at radius 2 is 2.00 bits per heavy atom. The number of pyridine rings is 1. The Balaban J connectivity index is 2.16. The van der Waals surface area contributed by atoms with Gasteiger partial charge in [0.25, 0.3) is 0 Å². The van der Waals surface area contributed by atoms with E-state index >= 15 is 0 Å². The molecule has 2 aromatic rings. The molecule has 4 nitrogen and oxygen atoms in total. The van der Waals surface area contributed by atoms with Crippen molar-refractivity contribution in [3.05, 3.63) is 59.7 Å². The molecule has 0 spiro atoms.